The molecule has 0 aliphatic carbocycles. The van der Waals surface area contributed by atoms with Gasteiger partial charge in [-0.2, -0.15) is 0 Å². The molecule has 3 N–H and O–H groups in total. The topological polar surface area (TPSA) is 140 Å². The number of aryl methyl sites for hydroxylation is 1. The zero-order chi connectivity index (χ0) is 16.4. The number of fused-ring (bicyclic) bond motifs is 1. The molecule has 0 aliphatic rings. The molecule has 1 heterocycles. The number of amides is 1. The number of phenols is 2. The van der Waals surface area contributed by atoms with Gasteiger partial charge in [-0.15, -0.1) is 0 Å². The average molecular weight is 306 g/mol. The molecular weight excluding hydrogens is 294 g/mol. The molecule has 0 aliphatic heterocycles. The summed E-state index contributed by atoms with van der Waals surface area (Å²) in [5.41, 5.74) is -0.519. The minimum absolute atomic E-state index is 0.00987. The predicted octanol–water partition coefficient (Wildman–Crippen LogP) is -1.08. The van der Waals surface area contributed by atoms with E-state index < -0.39 is 30.5 Å². The van der Waals surface area contributed by atoms with Crippen molar-refractivity contribution >= 4 is 22.8 Å². The Balaban J connectivity index is 2.45. The van der Waals surface area contributed by atoms with Gasteiger partial charge in [-0.05, 0) is 12.5 Å². The maximum atomic E-state index is 11.9. The monoisotopic (exact) mass is 306 g/mol. The van der Waals surface area contributed by atoms with Crippen LogP contribution >= 0.6 is 0 Å². The van der Waals surface area contributed by atoms with Gasteiger partial charge in [0, 0.05) is 12.1 Å². The van der Waals surface area contributed by atoms with Crippen molar-refractivity contribution in [3.8, 4) is 11.5 Å². The van der Waals surface area contributed by atoms with E-state index >= 15 is 0 Å². The zero-order valence-corrected chi connectivity index (χ0v) is 11.5. The normalized spacial score (nSPS) is 10.6. The Morgan fingerprint density at radius 2 is 2.00 bits per heavy atom. The second kappa shape index (κ2) is 5.76. The van der Waals surface area contributed by atoms with E-state index in [0.717, 1.165) is 6.07 Å². The number of carbonyl (C=O) groups excluding carboxylic acids is 2. The van der Waals surface area contributed by atoms with Crippen LogP contribution in [-0.2, 0) is 16.0 Å². The van der Waals surface area contributed by atoms with Crippen molar-refractivity contribution in [2.45, 2.75) is 13.3 Å². The van der Waals surface area contributed by atoms with Crippen LogP contribution in [0, 0.1) is 6.92 Å². The fraction of sp³-hybridized carbons (Fsp3) is 0.214. The van der Waals surface area contributed by atoms with Gasteiger partial charge in [-0.25, -0.2) is 4.79 Å². The molecule has 8 nitrogen and oxygen atoms in total. The van der Waals surface area contributed by atoms with E-state index in [1.807, 2.05) is 0 Å². The Kier molecular flexibility index (Phi) is 4.02. The molecular formula is C14H12NO7-. The van der Waals surface area contributed by atoms with E-state index in [0.29, 0.717) is 5.56 Å². The highest BCUT2D eigenvalue weighted by atomic mass is 16.4. The third-order valence-corrected chi connectivity index (χ3v) is 3.11. The molecule has 1 aromatic heterocycles. The van der Waals surface area contributed by atoms with Crippen LogP contribution in [-0.4, -0.2) is 28.6 Å². The van der Waals surface area contributed by atoms with Gasteiger partial charge >= 0.3 is 5.63 Å². The lowest BCUT2D eigenvalue weighted by Crippen LogP contribution is -2.38. The molecule has 0 unspecified atom stereocenters. The summed E-state index contributed by atoms with van der Waals surface area (Å²) in [7, 11) is 0. The van der Waals surface area contributed by atoms with Crippen molar-refractivity contribution in [2.75, 3.05) is 6.54 Å². The first kappa shape index (κ1) is 15.4. The Bertz CT molecular complexity index is 822. The van der Waals surface area contributed by atoms with Gasteiger partial charge in [0.1, 0.15) is 17.1 Å². The van der Waals surface area contributed by atoms with Gasteiger partial charge in [0.15, 0.2) is 0 Å². The summed E-state index contributed by atoms with van der Waals surface area (Å²) < 4.78 is 4.98. The van der Waals surface area contributed by atoms with Crippen LogP contribution in [0.15, 0.2) is 21.3 Å². The summed E-state index contributed by atoms with van der Waals surface area (Å²) in [6, 6.07) is 2.25. The number of aliphatic carboxylic acids is 1. The highest BCUT2D eigenvalue weighted by Crippen LogP contribution is 2.32. The van der Waals surface area contributed by atoms with Gasteiger partial charge in [-0.3, -0.25) is 4.79 Å². The van der Waals surface area contributed by atoms with Crippen molar-refractivity contribution < 1.29 is 29.3 Å². The van der Waals surface area contributed by atoms with Crippen molar-refractivity contribution in [3.63, 3.8) is 0 Å². The fourth-order valence-corrected chi connectivity index (χ4v) is 2.11. The van der Waals surface area contributed by atoms with Gasteiger partial charge in [0.05, 0.1) is 29.9 Å². The van der Waals surface area contributed by atoms with Crippen molar-refractivity contribution in [1.82, 2.24) is 5.32 Å². The highest BCUT2D eigenvalue weighted by molar-refractivity contribution is 5.90. The van der Waals surface area contributed by atoms with Crippen molar-refractivity contribution in [1.29, 1.82) is 0 Å². The molecule has 0 radical (unpaired) electrons. The smallest absolute Gasteiger partial charge is 0.340 e. The maximum Gasteiger partial charge on any atom is 0.340 e. The zero-order valence-electron chi connectivity index (χ0n) is 11.5. The Morgan fingerprint density at radius 3 is 2.64 bits per heavy atom. The number of phenolic OH excluding ortho intramolecular Hbond substituents is 2. The van der Waals surface area contributed by atoms with Crippen LogP contribution in [0.25, 0.3) is 11.0 Å². The first-order valence-corrected chi connectivity index (χ1v) is 6.24. The van der Waals surface area contributed by atoms with E-state index in [1.54, 1.807) is 0 Å². The molecule has 0 saturated heterocycles. The van der Waals surface area contributed by atoms with Crippen LogP contribution < -0.4 is 16.0 Å². The molecule has 116 valence electrons. The molecule has 0 fully saturated rings. The van der Waals surface area contributed by atoms with Crippen molar-refractivity contribution in [3.05, 3.63) is 33.7 Å². The van der Waals surface area contributed by atoms with Crippen LogP contribution in [0.5, 0.6) is 11.5 Å². The van der Waals surface area contributed by atoms with E-state index in [-0.39, 0.29) is 28.0 Å². The Labute approximate surface area is 123 Å². The first-order chi connectivity index (χ1) is 10.3. The van der Waals surface area contributed by atoms with E-state index in [9.17, 15) is 29.7 Å². The van der Waals surface area contributed by atoms with Gasteiger partial charge in [0.2, 0.25) is 5.91 Å². The van der Waals surface area contributed by atoms with E-state index in [1.165, 1.54) is 13.0 Å². The molecule has 22 heavy (non-hydrogen) atoms. The maximum absolute atomic E-state index is 11.9. The summed E-state index contributed by atoms with van der Waals surface area (Å²) >= 11 is 0. The average Bonchev–Trinajstić information content (AvgIpc) is 2.40. The molecule has 2 rings (SSSR count). The number of benzene rings is 1. The van der Waals surface area contributed by atoms with E-state index in [2.05, 4.69) is 5.32 Å². The van der Waals surface area contributed by atoms with Crippen molar-refractivity contribution in [2.24, 2.45) is 0 Å². The Hall–Kier alpha value is -3.03. The summed E-state index contributed by atoms with van der Waals surface area (Å²) in [4.78, 5) is 33.8. The standard InChI is InChI=1S/C14H13NO7/c1-6-8(4-11(18)15-5-12(19)20)14(21)22-10-3-7(16)2-9(17)13(6)10/h2-3,16-17H,4-5H2,1H3,(H,15,18)(H,19,20)/p-1. The molecule has 0 spiro atoms. The second-order valence-corrected chi connectivity index (χ2v) is 4.66. The number of carboxylic acids is 1. The van der Waals surface area contributed by atoms with Crippen LogP contribution in [0.2, 0.25) is 0 Å². The van der Waals surface area contributed by atoms with Crippen LogP contribution in [0.4, 0.5) is 0 Å². The predicted molar refractivity (Wildman–Crippen MR) is 72.3 cm³/mol. The molecule has 1 aromatic carbocycles. The number of carbonyl (C=O) groups is 2. The number of carboxylic acid groups (broad SMARTS) is 1. The van der Waals surface area contributed by atoms with E-state index in [4.69, 9.17) is 4.42 Å². The molecule has 0 bridgehead atoms. The Morgan fingerprint density at radius 1 is 1.32 bits per heavy atom. The van der Waals surface area contributed by atoms with Crippen LogP contribution in [0.1, 0.15) is 11.1 Å². The quantitative estimate of drug-likeness (QED) is 0.610. The number of hydrogen-bond acceptors (Lipinski definition) is 7. The SMILES string of the molecule is Cc1c(CC(=O)NCC(=O)[O-])c(=O)oc2cc(O)cc(O)c12. The number of aromatic hydroxyl groups is 2. The van der Waals surface area contributed by atoms with Gasteiger partial charge in [0.25, 0.3) is 0 Å². The van der Waals surface area contributed by atoms with Gasteiger partial charge in [-0.1, -0.05) is 0 Å². The second-order valence-electron chi connectivity index (χ2n) is 4.66. The molecule has 0 saturated carbocycles. The third-order valence-electron chi connectivity index (χ3n) is 3.11. The molecule has 1 amide bonds. The lowest BCUT2D eigenvalue weighted by Gasteiger charge is -2.10. The summed E-state index contributed by atoms with van der Waals surface area (Å²) in [5.74, 6) is -2.72. The third kappa shape index (κ3) is 3.00. The molecule has 0 atom stereocenters. The fourth-order valence-electron chi connectivity index (χ4n) is 2.11. The summed E-state index contributed by atoms with van der Waals surface area (Å²) in [6.07, 6.45) is -0.405. The number of rotatable bonds is 4. The number of hydrogen-bond donors (Lipinski definition) is 3. The molecule has 8 heteroatoms. The molecule has 2 aromatic rings. The number of nitrogens with one attached hydrogen (secondary N) is 1. The minimum Gasteiger partial charge on any atom is -0.548 e. The van der Waals surface area contributed by atoms with Crippen LogP contribution in [0.3, 0.4) is 0 Å². The highest BCUT2D eigenvalue weighted by Gasteiger charge is 2.17. The van der Waals surface area contributed by atoms with Gasteiger partial charge < -0.3 is 29.8 Å². The summed E-state index contributed by atoms with van der Waals surface area (Å²) in [5, 5.41) is 31.8. The summed E-state index contributed by atoms with van der Waals surface area (Å²) in [6.45, 7) is 0.841. The minimum atomic E-state index is -1.45. The lowest BCUT2D eigenvalue weighted by atomic mass is 10.0. The lowest BCUT2D eigenvalue weighted by molar-refractivity contribution is -0.304. The first-order valence-electron chi connectivity index (χ1n) is 6.24. The largest absolute Gasteiger partial charge is 0.548 e.